The van der Waals surface area contributed by atoms with Crippen LogP contribution in [0, 0.1) is 10.1 Å². The van der Waals surface area contributed by atoms with Gasteiger partial charge in [-0.05, 0) is 13.1 Å². The molecule has 0 unspecified atom stereocenters. The first kappa shape index (κ1) is 17.4. The van der Waals surface area contributed by atoms with Crippen molar-refractivity contribution in [3.63, 3.8) is 0 Å². The minimum Gasteiger partial charge on any atom is -0.478 e. The van der Waals surface area contributed by atoms with E-state index in [2.05, 4.69) is 9.80 Å². The summed E-state index contributed by atoms with van der Waals surface area (Å²) in [5.41, 5.74) is 0.382. The van der Waals surface area contributed by atoms with E-state index in [9.17, 15) is 14.9 Å². The van der Waals surface area contributed by atoms with Crippen molar-refractivity contribution in [3.8, 4) is 0 Å². The first-order chi connectivity index (χ1) is 9.47. The van der Waals surface area contributed by atoms with E-state index in [1.807, 2.05) is 7.05 Å². The number of halogens is 1. The van der Waals surface area contributed by atoms with Crippen LogP contribution in [0.5, 0.6) is 0 Å². The van der Waals surface area contributed by atoms with E-state index in [1.165, 1.54) is 6.07 Å². The molecule has 7 nitrogen and oxygen atoms in total. The number of nitrogens with zero attached hydrogens (tertiary/aromatic N) is 3. The lowest BCUT2D eigenvalue weighted by Crippen LogP contribution is -2.43. The maximum absolute atomic E-state index is 11.1. The van der Waals surface area contributed by atoms with Gasteiger partial charge in [0.1, 0.15) is 0 Å². The number of carboxylic acid groups (broad SMARTS) is 1. The molecule has 1 heterocycles. The van der Waals surface area contributed by atoms with Crippen LogP contribution in [0.25, 0.3) is 0 Å². The van der Waals surface area contributed by atoms with E-state index in [4.69, 9.17) is 5.11 Å². The Morgan fingerprint density at radius 1 is 1.33 bits per heavy atom. The number of piperazine rings is 1. The van der Waals surface area contributed by atoms with Crippen molar-refractivity contribution in [3.05, 3.63) is 39.4 Å². The third-order valence-electron chi connectivity index (χ3n) is 3.52. The first-order valence-electron chi connectivity index (χ1n) is 6.39. The Balaban J connectivity index is 0.00000220. The Labute approximate surface area is 128 Å². The van der Waals surface area contributed by atoms with Crippen molar-refractivity contribution >= 4 is 24.1 Å². The fraction of sp³-hybridized carbons (Fsp3) is 0.462. The normalized spacial score (nSPS) is 16.2. The van der Waals surface area contributed by atoms with Gasteiger partial charge in [0.15, 0.2) is 0 Å². The second kappa shape index (κ2) is 7.35. The van der Waals surface area contributed by atoms with Crippen molar-refractivity contribution in [1.82, 2.24) is 9.80 Å². The molecular weight excluding hydrogens is 298 g/mol. The number of nitro groups is 1. The van der Waals surface area contributed by atoms with Gasteiger partial charge in [-0.25, -0.2) is 4.79 Å². The number of hydrogen-bond acceptors (Lipinski definition) is 5. The number of rotatable bonds is 4. The lowest BCUT2D eigenvalue weighted by molar-refractivity contribution is -0.385. The topological polar surface area (TPSA) is 86.9 Å². The fourth-order valence-electron chi connectivity index (χ4n) is 2.25. The van der Waals surface area contributed by atoms with Gasteiger partial charge >= 0.3 is 5.97 Å². The second-order valence-electron chi connectivity index (χ2n) is 4.99. The van der Waals surface area contributed by atoms with Gasteiger partial charge in [0.05, 0.1) is 10.5 Å². The number of hydrogen-bond donors (Lipinski definition) is 1. The lowest BCUT2D eigenvalue weighted by atomic mass is 10.1. The zero-order valence-electron chi connectivity index (χ0n) is 11.7. The molecule has 0 atom stereocenters. The average molecular weight is 316 g/mol. The summed E-state index contributed by atoms with van der Waals surface area (Å²) in [6, 6.07) is 4.09. The maximum atomic E-state index is 11.1. The van der Waals surface area contributed by atoms with Crippen LogP contribution >= 0.6 is 12.4 Å². The molecule has 21 heavy (non-hydrogen) atoms. The van der Waals surface area contributed by atoms with Crippen molar-refractivity contribution in [2.75, 3.05) is 33.2 Å². The highest BCUT2D eigenvalue weighted by Gasteiger charge is 2.21. The molecule has 1 aromatic rings. The zero-order chi connectivity index (χ0) is 14.7. The smallest absolute Gasteiger partial charge is 0.335 e. The molecule has 1 aliphatic heterocycles. The average Bonchev–Trinajstić information content (AvgIpc) is 2.41. The van der Waals surface area contributed by atoms with Crippen LogP contribution < -0.4 is 0 Å². The number of aromatic carboxylic acids is 1. The minimum atomic E-state index is -1.15. The van der Waals surface area contributed by atoms with Gasteiger partial charge in [0.2, 0.25) is 0 Å². The van der Waals surface area contributed by atoms with Gasteiger partial charge in [0, 0.05) is 44.4 Å². The van der Waals surface area contributed by atoms with Crippen LogP contribution in [0.4, 0.5) is 5.69 Å². The summed E-state index contributed by atoms with van der Waals surface area (Å²) in [6.45, 7) is 4.05. The van der Waals surface area contributed by atoms with Crippen molar-refractivity contribution in [1.29, 1.82) is 0 Å². The number of carbonyl (C=O) groups is 1. The summed E-state index contributed by atoms with van der Waals surface area (Å²) in [5.74, 6) is -1.15. The number of carboxylic acids is 1. The van der Waals surface area contributed by atoms with Crippen LogP contribution in [-0.4, -0.2) is 59.0 Å². The van der Waals surface area contributed by atoms with Gasteiger partial charge in [-0.2, -0.15) is 0 Å². The maximum Gasteiger partial charge on any atom is 0.335 e. The second-order valence-corrected chi connectivity index (χ2v) is 4.99. The van der Waals surface area contributed by atoms with Crippen molar-refractivity contribution < 1.29 is 14.8 Å². The SMILES string of the molecule is CN1CCN(Cc2ccc(C(=O)O)cc2[N+](=O)[O-])CC1.Cl. The standard InChI is InChI=1S/C13H17N3O4.ClH/c1-14-4-6-15(7-5-14)9-11-3-2-10(13(17)18)8-12(11)16(19)20;/h2-3,8H,4-7,9H2,1H3,(H,17,18);1H. The highest BCUT2D eigenvalue weighted by atomic mass is 35.5. The van der Waals surface area contributed by atoms with E-state index >= 15 is 0 Å². The summed E-state index contributed by atoms with van der Waals surface area (Å²) in [5, 5.41) is 20.0. The Morgan fingerprint density at radius 3 is 2.48 bits per heavy atom. The summed E-state index contributed by atoms with van der Waals surface area (Å²) in [6.07, 6.45) is 0. The van der Waals surface area contributed by atoms with Crippen LogP contribution in [0.15, 0.2) is 18.2 Å². The number of likely N-dealkylation sites (N-methyl/N-ethyl adjacent to an activating group) is 1. The Hall–Kier alpha value is -1.70. The molecule has 2 rings (SSSR count). The lowest BCUT2D eigenvalue weighted by Gasteiger charge is -2.32. The monoisotopic (exact) mass is 315 g/mol. The van der Waals surface area contributed by atoms with Gasteiger partial charge in [0.25, 0.3) is 5.69 Å². The quantitative estimate of drug-likeness (QED) is 0.668. The first-order valence-corrected chi connectivity index (χ1v) is 6.39. The molecule has 0 aliphatic carbocycles. The summed E-state index contributed by atoms with van der Waals surface area (Å²) in [4.78, 5) is 25.8. The van der Waals surface area contributed by atoms with Crippen LogP contribution in [0.2, 0.25) is 0 Å². The van der Waals surface area contributed by atoms with Gasteiger partial charge in [-0.15, -0.1) is 12.4 Å². The summed E-state index contributed by atoms with van der Waals surface area (Å²) >= 11 is 0. The molecular formula is C13H18ClN3O4. The molecule has 1 aliphatic rings. The molecule has 1 N–H and O–H groups in total. The molecule has 0 saturated carbocycles. The molecule has 0 spiro atoms. The third-order valence-corrected chi connectivity index (χ3v) is 3.52. The minimum absolute atomic E-state index is 0. The van der Waals surface area contributed by atoms with Gasteiger partial charge < -0.3 is 10.0 Å². The van der Waals surface area contributed by atoms with Crippen LogP contribution in [-0.2, 0) is 6.54 Å². The molecule has 0 aromatic heterocycles. The van der Waals surface area contributed by atoms with Crippen LogP contribution in [0.1, 0.15) is 15.9 Å². The highest BCUT2D eigenvalue weighted by molar-refractivity contribution is 5.88. The Kier molecular flexibility index (Phi) is 6.07. The van der Waals surface area contributed by atoms with Gasteiger partial charge in [-0.1, -0.05) is 6.07 Å². The van der Waals surface area contributed by atoms with E-state index in [0.29, 0.717) is 12.1 Å². The van der Waals surface area contributed by atoms with E-state index < -0.39 is 10.9 Å². The van der Waals surface area contributed by atoms with E-state index in [-0.39, 0.29) is 23.7 Å². The molecule has 1 fully saturated rings. The summed E-state index contributed by atoms with van der Waals surface area (Å²) < 4.78 is 0. The molecule has 1 aromatic carbocycles. The van der Waals surface area contributed by atoms with E-state index in [0.717, 1.165) is 32.2 Å². The van der Waals surface area contributed by atoms with Crippen LogP contribution in [0.3, 0.4) is 0 Å². The molecule has 0 radical (unpaired) electrons. The highest BCUT2D eigenvalue weighted by Crippen LogP contribution is 2.22. The molecule has 0 bridgehead atoms. The largest absolute Gasteiger partial charge is 0.478 e. The molecule has 116 valence electrons. The van der Waals surface area contributed by atoms with E-state index in [1.54, 1.807) is 6.07 Å². The predicted molar refractivity (Wildman–Crippen MR) is 80.1 cm³/mol. The van der Waals surface area contributed by atoms with Gasteiger partial charge in [-0.3, -0.25) is 15.0 Å². The molecule has 8 heteroatoms. The van der Waals surface area contributed by atoms with Crippen molar-refractivity contribution in [2.24, 2.45) is 0 Å². The summed E-state index contributed by atoms with van der Waals surface area (Å²) in [7, 11) is 2.04. The molecule has 0 amide bonds. The Morgan fingerprint density at radius 2 is 1.95 bits per heavy atom. The van der Waals surface area contributed by atoms with Crippen molar-refractivity contribution in [2.45, 2.75) is 6.54 Å². The number of benzene rings is 1. The predicted octanol–water partition coefficient (Wildman–Crippen LogP) is 1.46. The number of nitro benzene ring substituents is 1. The fourth-order valence-corrected chi connectivity index (χ4v) is 2.25. The Bertz CT molecular complexity index is 530. The molecule has 1 saturated heterocycles. The zero-order valence-corrected chi connectivity index (χ0v) is 12.5. The third kappa shape index (κ3) is 4.38.